The number of rotatable bonds is 5. The number of amides is 1. The molecule has 7 nitrogen and oxygen atoms in total. The predicted molar refractivity (Wildman–Crippen MR) is 83.1 cm³/mol. The zero-order valence-corrected chi connectivity index (χ0v) is 13.0. The number of aromatic nitrogens is 3. The van der Waals surface area contributed by atoms with E-state index in [2.05, 4.69) is 15.2 Å². The highest BCUT2D eigenvalue weighted by molar-refractivity contribution is 5.73. The molecule has 3 rings (SSSR count). The third-order valence-electron chi connectivity index (χ3n) is 3.93. The minimum absolute atomic E-state index is 0.000371. The van der Waals surface area contributed by atoms with Crippen molar-refractivity contribution in [2.75, 3.05) is 31.1 Å². The van der Waals surface area contributed by atoms with Crippen LogP contribution in [0.5, 0.6) is 0 Å². The van der Waals surface area contributed by atoms with Crippen LogP contribution in [0.4, 0.5) is 14.5 Å². The number of carbonyl (C=O) groups excluding carboxylic acids is 1. The summed E-state index contributed by atoms with van der Waals surface area (Å²) >= 11 is 0. The van der Waals surface area contributed by atoms with Crippen LogP contribution >= 0.6 is 0 Å². The third kappa shape index (κ3) is 3.67. The highest BCUT2D eigenvalue weighted by atomic mass is 19.2. The van der Waals surface area contributed by atoms with Crippen molar-refractivity contribution in [2.45, 2.75) is 13.1 Å². The lowest BCUT2D eigenvalue weighted by atomic mass is 10.2. The molecule has 1 amide bonds. The molecule has 2 aromatic rings. The molecule has 0 bridgehead atoms. The van der Waals surface area contributed by atoms with Crippen molar-refractivity contribution < 1.29 is 13.6 Å². The van der Waals surface area contributed by atoms with Gasteiger partial charge in [0, 0.05) is 32.7 Å². The number of carbonyl (C=O) groups is 1. The van der Waals surface area contributed by atoms with E-state index in [0.29, 0.717) is 38.4 Å². The van der Waals surface area contributed by atoms with Crippen molar-refractivity contribution >= 4 is 11.6 Å². The van der Waals surface area contributed by atoms with Crippen molar-refractivity contribution in [3.63, 3.8) is 0 Å². The summed E-state index contributed by atoms with van der Waals surface area (Å²) in [6, 6.07) is 4.21. The summed E-state index contributed by atoms with van der Waals surface area (Å²) in [5.74, 6) is -2.11. The lowest BCUT2D eigenvalue weighted by molar-refractivity contribution is -0.118. The Morgan fingerprint density at radius 2 is 1.96 bits per heavy atom. The van der Waals surface area contributed by atoms with Gasteiger partial charge in [-0.25, -0.2) is 13.5 Å². The molecular formula is C15H18F2N6O. The number of hydrogen-bond acceptors (Lipinski definition) is 5. The molecule has 1 fully saturated rings. The number of halogens is 2. The quantitative estimate of drug-likeness (QED) is 0.853. The number of primary amides is 1. The Balaban J connectivity index is 1.56. The van der Waals surface area contributed by atoms with Crippen molar-refractivity contribution in [1.29, 1.82) is 0 Å². The van der Waals surface area contributed by atoms with Crippen molar-refractivity contribution in [3.8, 4) is 0 Å². The zero-order chi connectivity index (χ0) is 17.1. The normalized spacial score (nSPS) is 15.7. The van der Waals surface area contributed by atoms with Gasteiger partial charge in [0.2, 0.25) is 5.91 Å². The Morgan fingerprint density at radius 3 is 2.67 bits per heavy atom. The molecule has 1 aliphatic rings. The maximum Gasteiger partial charge on any atom is 0.239 e. The van der Waals surface area contributed by atoms with Gasteiger partial charge in [-0.05, 0) is 12.1 Å². The standard InChI is InChI=1S/C15H18F2N6O/c16-12-2-1-3-13(15(12)17)22-6-4-21(5-7-22)8-11-9-23(20-19-11)10-14(18)24/h1-3,9H,4-8,10H2,(H2,18,24). The lowest BCUT2D eigenvalue weighted by Crippen LogP contribution is -2.46. The predicted octanol–water partition coefficient (Wildman–Crippen LogP) is 0.364. The average molecular weight is 336 g/mol. The van der Waals surface area contributed by atoms with Crippen LogP contribution < -0.4 is 10.6 Å². The maximum atomic E-state index is 13.8. The second-order valence-corrected chi connectivity index (χ2v) is 5.71. The monoisotopic (exact) mass is 336 g/mol. The Labute approximate surface area is 137 Å². The van der Waals surface area contributed by atoms with E-state index in [1.54, 1.807) is 12.3 Å². The van der Waals surface area contributed by atoms with Crippen LogP contribution in [0.1, 0.15) is 5.69 Å². The van der Waals surface area contributed by atoms with Gasteiger partial charge < -0.3 is 10.6 Å². The van der Waals surface area contributed by atoms with Crippen LogP contribution in [-0.2, 0) is 17.9 Å². The molecular weight excluding hydrogens is 318 g/mol. The summed E-state index contributed by atoms with van der Waals surface area (Å²) in [5.41, 5.74) is 6.14. The largest absolute Gasteiger partial charge is 0.368 e. The molecule has 24 heavy (non-hydrogen) atoms. The second kappa shape index (κ2) is 6.91. The Bertz CT molecular complexity index is 727. The molecule has 2 N–H and O–H groups in total. The summed E-state index contributed by atoms with van der Waals surface area (Å²) < 4.78 is 28.6. The van der Waals surface area contributed by atoms with Gasteiger partial charge in [0.15, 0.2) is 11.6 Å². The molecule has 0 unspecified atom stereocenters. The van der Waals surface area contributed by atoms with E-state index in [1.807, 2.05) is 4.90 Å². The SMILES string of the molecule is NC(=O)Cn1cc(CN2CCN(c3cccc(F)c3F)CC2)nn1. The number of piperazine rings is 1. The summed E-state index contributed by atoms with van der Waals surface area (Å²) in [6.45, 7) is 3.15. The first kappa shape index (κ1) is 16.3. The van der Waals surface area contributed by atoms with Crippen LogP contribution in [0, 0.1) is 11.6 Å². The smallest absolute Gasteiger partial charge is 0.239 e. The van der Waals surface area contributed by atoms with Crippen LogP contribution in [0.15, 0.2) is 24.4 Å². The molecule has 128 valence electrons. The molecule has 0 aliphatic carbocycles. The number of anilines is 1. The fourth-order valence-corrected chi connectivity index (χ4v) is 2.76. The highest BCUT2D eigenvalue weighted by Crippen LogP contribution is 2.22. The molecule has 0 spiro atoms. The fourth-order valence-electron chi connectivity index (χ4n) is 2.76. The van der Waals surface area contributed by atoms with E-state index in [9.17, 15) is 13.6 Å². The van der Waals surface area contributed by atoms with Gasteiger partial charge in [-0.2, -0.15) is 0 Å². The summed E-state index contributed by atoms with van der Waals surface area (Å²) in [5, 5.41) is 7.85. The van der Waals surface area contributed by atoms with E-state index < -0.39 is 17.5 Å². The van der Waals surface area contributed by atoms with E-state index >= 15 is 0 Å². The molecule has 1 aromatic heterocycles. The first-order valence-corrected chi connectivity index (χ1v) is 7.61. The molecule has 1 aliphatic heterocycles. The summed E-state index contributed by atoms with van der Waals surface area (Å²) in [7, 11) is 0. The highest BCUT2D eigenvalue weighted by Gasteiger charge is 2.21. The molecule has 1 saturated heterocycles. The van der Waals surface area contributed by atoms with Crippen LogP contribution in [0.3, 0.4) is 0 Å². The van der Waals surface area contributed by atoms with Crippen molar-refractivity contribution in [3.05, 3.63) is 41.7 Å². The number of nitrogens with two attached hydrogens (primary N) is 1. The Morgan fingerprint density at radius 1 is 1.21 bits per heavy atom. The summed E-state index contributed by atoms with van der Waals surface area (Å²) in [6.07, 6.45) is 1.68. The maximum absolute atomic E-state index is 13.8. The van der Waals surface area contributed by atoms with Crippen molar-refractivity contribution in [2.24, 2.45) is 5.73 Å². The van der Waals surface area contributed by atoms with Crippen molar-refractivity contribution in [1.82, 2.24) is 19.9 Å². The number of benzene rings is 1. The molecule has 0 saturated carbocycles. The van der Waals surface area contributed by atoms with E-state index in [-0.39, 0.29) is 6.54 Å². The molecule has 9 heteroatoms. The van der Waals surface area contributed by atoms with Gasteiger partial charge in [0.25, 0.3) is 0 Å². The second-order valence-electron chi connectivity index (χ2n) is 5.71. The molecule has 0 atom stereocenters. The molecule has 1 aromatic carbocycles. The summed E-state index contributed by atoms with van der Waals surface area (Å²) in [4.78, 5) is 14.8. The lowest BCUT2D eigenvalue weighted by Gasteiger charge is -2.35. The Hall–Kier alpha value is -2.55. The third-order valence-corrected chi connectivity index (χ3v) is 3.93. The average Bonchev–Trinajstić information content (AvgIpc) is 2.97. The van der Waals surface area contributed by atoms with Gasteiger partial charge in [-0.3, -0.25) is 9.69 Å². The van der Waals surface area contributed by atoms with E-state index in [1.165, 1.54) is 10.7 Å². The van der Waals surface area contributed by atoms with Crippen LogP contribution in [0.25, 0.3) is 0 Å². The van der Waals surface area contributed by atoms with E-state index in [4.69, 9.17) is 5.73 Å². The Kier molecular flexibility index (Phi) is 4.70. The molecule has 0 radical (unpaired) electrons. The van der Waals surface area contributed by atoms with Gasteiger partial charge in [0.05, 0.1) is 17.6 Å². The zero-order valence-electron chi connectivity index (χ0n) is 13.0. The number of nitrogens with zero attached hydrogens (tertiary/aromatic N) is 5. The molecule has 2 heterocycles. The van der Waals surface area contributed by atoms with Gasteiger partial charge in [-0.15, -0.1) is 5.10 Å². The minimum Gasteiger partial charge on any atom is -0.368 e. The fraction of sp³-hybridized carbons (Fsp3) is 0.400. The number of hydrogen-bond donors (Lipinski definition) is 1. The van der Waals surface area contributed by atoms with Gasteiger partial charge in [-0.1, -0.05) is 11.3 Å². The minimum atomic E-state index is -0.832. The topological polar surface area (TPSA) is 80.3 Å². The van der Waals surface area contributed by atoms with Gasteiger partial charge >= 0.3 is 0 Å². The van der Waals surface area contributed by atoms with Crippen LogP contribution in [0.2, 0.25) is 0 Å². The first-order valence-electron chi connectivity index (χ1n) is 7.61. The van der Waals surface area contributed by atoms with Crippen LogP contribution in [-0.4, -0.2) is 52.0 Å². The first-order chi connectivity index (χ1) is 11.5. The van der Waals surface area contributed by atoms with Gasteiger partial charge in [0.1, 0.15) is 6.54 Å². The van der Waals surface area contributed by atoms with E-state index in [0.717, 1.165) is 11.8 Å².